The van der Waals surface area contributed by atoms with Crippen LogP contribution in [0.5, 0.6) is 0 Å². The van der Waals surface area contributed by atoms with Gasteiger partial charge in [0.2, 0.25) is 0 Å². The summed E-state index contributed by atoms with van der Waals surface area (Å²) in [5, 5.41) is 23.0. The fourth-order valence-corrected chi connectivity index (χ4v) is 1.50. The number of aliphatic hydroxyl groups excluding tert-OH is 1. The van der Waals surface area contributed by atoms with Gasteiger partial charge < -0.3 is 9.67 Å². The number of aliphatic hydroxyl groups is 1. The van der Waals surface area contributed by atoms with Crippen LogP contribution in [0.2, 0.25) is 0 Å². The third kappa shape index (κ3) is 2.10. The molecule has 0 aliphatic carbocycles. The smallest absolute Gasteiger partial charge is 0.195 e. The van der Waals surface area contributed by atoms with Crippen molar-refractivity contribution >= 4 is 12.2 Å². The average molecular weight is 226 g/mol. The fourth-order valence-electron chi connectivity index (χ4n) is 1.26. The van der Waals surface area contributed by atoms with Crippen LogP contribution >= 0.6 is 12.2 Å². The average Bonchev–Trinajstić information content (AvgIpc) is 2.84. The predicted octanol–water partition coefficient (Wildman–Crippen LogP) is -0.275. The van der Waals surface area contributed by atoms with Gasteiger partial charge in [-0.3, -0.25) is 9.78 Å². The van der Waals surface area contributed by atoms with Crippen molar-refractivity contribution in [2.75, 3.05) is 0 Å². The Hall–Kier alpha value is -1.54. The molecule has 2 aromatic heterocycles. The molecule has 0 saturated heterocycles. The summed E-state index contributed by atoms with van der Waals surface area (Å²) in [7, 11) is 0. The number of aromatic amines is 1. The molecule has 2 rings (SSSR count). The Bertz CT molecular complexity index is 472. The van der Waals surface area contributed by atoms with E-state index in [4.69, 9.17) is 17.3 Å². The summed E-state index contributed by atoms with van der Waals surface area (Å²) in [6, 6.07) is 0. The van der Waals surface area contributed by atoms with Crippen molar-refractivity contribution in [1.82, 2.24) is 29.8 Å². The van der Waals surface area contributed by atoms with Gasteiger partial charge in [-0.05, 0) is 12.2 Å². The molecule has 0 fully saturated rings. The van der Waals surface area contributed by atoms with Crippen LogP contribution in [-0.4, -0.2) is 34.9 Å². The van der Waals surface area contributed by atoms with Crippen molar-refractivity contribution in [3.05, 3.63) is 23.0 Å². The molecule has 0 aliphatic rings. The van der Waals surface area contributed by atoms with Crippen LogP contribution in [0.4, 0.5) is 0 Å². The van der Waals surface area contributed by atoms with Crippen LogP contribution < -0.4 is 0 Å². The molecule has 2 heterocycles. The van der Waals surface area contributed by atoms with Crippen molar-refractivity contribution < 1.29 is 5.11 Å². The number of aromatic nitrogens is 6. The lowest BCUT2D eigenvalue weighted by Gasteiger charge is -2.04. The van der Waals surface area contributed by atoms with Crippen LogP contribution in [0.3, 0.4) is 0 Å². The minimum Gasteiger partial charge on any atom is -0.388 e. The summed E-state index contributed by atoms with van der Waals surface area (Å²) in [4.78, 5) is 0. The molecule has 0 atom stereocenters. The van der Waals surface area contributed by atoms with Crippen molar-refractivity contribution in [3.8, 4) is 0 Å². The molecule has 15 heavy (non-hydrogen) atoms. The summed E-state index contributed by atoms with van der Waals surface area (Å²) in [5.41, 5.74) is 0. The van der Waals surface area contributed by atoms with Crippen LogP contribution in [-0.2, 0) is 19.7 Å². The van der Waals surface area contributed by atoms with Gasteiger partial charge in [0.15, 0.2) is 10.6 Å². The molecule has 2 aromatic rings. The van der Waals surface area contributed by atoms with E-state index in [1.54, 1.807) is 21.6 Å². The minimum atomic E-state index is -0.134. The van der Waals surface area contributed by atoms with Gasteiger partial charge in [0.05, 0.1) is 12.7 Å². The second kappa shape index (κ2) is 4.32. The molecule has 0 spiro atoms. The Balaban J connectivity index is 2.10. The molecule has 80 valence electrons. The second-order valence-electron chi connectivity index (χ2n) is 2.92. The van der Waals surface area contributed by atoms with E-state index in [0.717, 1.165) is 0 Å². The highest BCUT2D eigenvalue weighted by Crippen LogP contribution is 1.98. The van der Waals surface area contributed by atoms with Crippen LogP contribution in [0.1, 0.15) is 5.82 Å². The number of rotatable bonds is 4. The van der Waals surface area contributed by atoms with Gasteiger partial charge in [0.25, 0.3) is 0 Å². The van der Waals surface area contributed by atoms with E-state index in [1.807, 2.05) is 0 Å². The van der Waals surface area contributed by atoms with Gasteiger partial charge in [0.1, 0.15) is 6.61 Å². The predicted molar refractivity (Wildman–Crippen MR) is 53.4 cm³/mol. The number of aryl methyl sites for hydroxylation is 1. The topological polar surface area (TPSA) is 84.5 Å². The molecule has 0 radical (unpaired) electrons. The van der Waals surface area contributed by atoms with Gasteiger partial charge >= 0.3 is 0 Å². The summed E-state index contributed by atoms with van der Waals surface area (Å²) in [5.74, 6) is 0.528. The Morgan fingerprint density at radius 2 is 2.33 bits per heavy atom. The van der Waals surface area contributed by atoms with Crippen LogP contribution in [0.25, 0.3) is 0 Å². The van der Waals surface area contributed by atoms with Gasteiger partial charge in [-0.1, -0.05) is 5.21 Å². The molecular weight excluding hydrogens is 216 g/mol. The Morgan fingerprint density at radius 3 is 3.00 bits per heavy atom. The number of hydrogen-bond donors (Lipinski definition) is 2. The SMILES string of the molecule is OCc1n[nH]c(=S)n1CCn1ccnn1. The van der Waals surface area contributed by atoms with E-state index >= 15 is 0 Å². The fraction of sp³-hybridized carbons (Fsp3) is 0.429. The van der Waals surface area contributed by atoms with Crippen LogP contribution in [0, 0.1) is 4.77 Å². The third-order valence-electron chi connectivity index (χ3n) is 2.00. The number of nitrogens with one attached hydrogen (secondary N) is 1. The maximum atomic E-state index is 9.00. The van der Waals surface area contributed by atoms with E-state index in [0.29, 0.717) is 23.7 Å². The molecule has 0 aromatic carbocycles. The van der Waals surface area contributed by atoms with Crippen LogP contribution in [0.15, 0.2) is 12.4 Å². The zero-order chi connectivity index (χ0) is 10.7. The first kappa shape index (κ1) is 9.99. The largest absolute Gasteiger partial charge is 0.388 e. The monoisotopic (exact) mass is 226 g/mol. The lowest BCUT2D eigenvalue weighted by Crippen LogP contribution is -2.11. The zero-order valence-electron chi connectivity index (χ0n) is 7.87. The van der Waals surface area contributed by atoms with Crippen molar-refractivity contribution in [2.45, 2.75) is 19.7 Å². The maximum absolute atomic E-state index is 9.00. The highest BCUT2D eigenvalue weighted by molar-refractivity contribution is 7.71. The lowest BCUT2D eigenvalue weighted by molar-refractivity contribution is 0.263. The summed E-state index contributed by atoms with van der Waals surface area (Å²) in [6.45, 7) is 1.11. The molecule has 0 aliphatic heterocycles. The third-order valence-corrected chi connectivity index (χ3v) is 2.32. The normalized spacial score (nSPS) is 10.7. The molecular formula is C7H10N6OS. The van der Waals surface area contributed by atoms with E-state index in [1.165, 1.54) is 0 Å². The summed E-state index contributed by atoms with van der Waals surface area (Å²) in [6.07, 6.45) is 3.38. The highest BCUT2D eigenvalue weighted by atomic mass is 32.1. The number of H-pyrrole nitrogens is 1. The lowest BCUT2D eigenvalue weighted by atomic mass is 10.5. The Morgan fingerprint density at radius 1 is 1.47 bits per heavy atom. The summed E-state index contributed by atoms with van der Waals surface area (Å²) < 4.78 is 3.92. The molecule has 0 unspecified atom stereocenters. The molecule has 0 bridgehead atoms. The Labute approximate surface area is 90.4 Å². The van der Waals surface area contributed by atoms with Crippen molar-refractivity contribution in [1.29, 1.82) is 0 Å². The molecule has 7 nitrogen and oxygen atoms in total. The zero-order valence-corrected chi connectivity index (χ0v) is 8.68. The van der Waals surface area contributed by atoms with Crippen molar-refractivity contribution in [2.24, 2.45) is 0 Å². The molecule has 8 heteroatoms. The van der Waals surface area contributed by atoms with Gasteiger partial charge in [-0.2, -0.15) is 5.10 Å². The molecule has 0 saturated carbocycles. The standard InChI is InChI=1S/C7H10N6OS/c14-5-6-9-10-7(15)13(6)4-3-12-2-1-8-11-12/h1-2,14H,3-5H2,(H,10,15). The summed E-state index contributed by atoms with van der Waals surface area (Å²) >= 11 is 5.02. The van der Waals surface area contributed by atoms with E-state index in [9.17, 15) is 0 Å². The van der Waals surface area contributed by atoms with Crippen molar-refractivity contribution in [3.63, 3.8) is 0 Å². The van der Waals surface area contributed by atoms with Gasteiger partial charge in [-0.15, -0.1) is 5.10 Å². The molecule has 2 N–H and O–H groups in total. The first-order valence-electron chi connectivity index (χ1n) is 4.40. The van der Waals surface area contributed by atoms with Gasteiger partial charge in [0, 0.05) is 12.7 Å². The second-order valence-corrected chi connectivity index (χ2v) is 3.31. The number of hydrogen-bond acceptors (Lipinski definition) is 5. The highest BCUT2D eigenvalue weighted by Gasteiger charge is 2.04. The van der Waals surface area contributed by atoms with E-state index < -0.39 is 0 Å². The molecule has 0 amide bonds. The first-order valence-corrected chi connectivity index (χ1v) is 4.81. The van der Waals surface area contributed by atoms with E-state index in [2.05, 4.69) is 20.5 Å². The van der Waals surface area contributed by atoms with E-state index in [-0.39, 0.29) is 6.61 Å². The number of nitrogens with zero attached hydrogens (tertiary/aromatic N) is 5. The maximum Gasteiger partial charge on any atom is 0.195 e. The quantitative estimate of drug-likeness (QED) is 0.701. The van der Waals surface area contributed by atoms with Gasteiger partial charge in [-0.25, -0.2) is 0 Å². The first-order chi connectivity index (χ1) is 7.31. The Kier molecular flexibility index (Phi) is 2.88. The minimum absolute atomic E-state index is 0.134.